The molecule has 0 radical (unpaired) electrons. The topological polar surface area (TPSA) is 30.9 Å². The molecule has 4 heteroatoms. The van der Waals surface area contributed by atoms with E-state index in [1.54, 1.807) is 0 Å². The molecule has 10 heavy (non-hydrogen) atoms. The Hall–Kier alpha value is -0.770. The summed E-state index contributed by atoms with van der Waals surface area (Å²) in [5.74, 6) is 1.19. The van der Waals surface area contributed by atoms with Gasteiger partial charge < -0.3 is 4.90 Å². The second-order valence-electron chi connectivity index (χ2n) is 2.85. The maximum atomic E-state index is 4.16. The van der Waals surface area contributed by atoms with E-state index in [1.807, 2.05) is 0 Å². The molecule has 2 heterocycles. The van der Waals surface area contributed by atoms with Gasteiger partial charge in [0.05, 0.1) is 6.54 Å². The van der Waals surface area contributed by atoms with Crippen molar-refractivity contribution in [1.82, 2.24) is 15.2 Å². The van der Waals surface area contributed by atoms with E-state index in [0.29, 0.717) is 0 Å². The van der Waals surface area contributed by atoms with Crippen molar-refractivity contribution >= 4 is 5.84 Å². The molecule has 56 valence electrons. The zero-order valence-corrected chi connectivity index (χ0v) is 6.17. The molecule has 0 aromatic carbocycles. The maximum Gasteiger partial charge on any atom is 0.140 e. The number of nitrogens with zero attached hydrogens (tertiary/aromatic N) is 3. The molecule has 0 aliphatic carbocycles. The molecule has 0 aromatic rings. The van der Waals surface area contributed by atoms with Crippen LogP contribution in [0.2, 0.25) is 0 Å². The Morgan fingerprint density at radius 2 is 2.40 bits per heavy atom. The Kier molecular flexibility index (Phi) is 1.27. The maximum absolute atomic E-state index is 4.16. The third-order valence-electron chi connectivity index (χ3n) is 2.00. The van der Waals surface area contributed by atoms with Crippen LogP contribution >= 0.6 is 0 Å². The lowest BCUT2D eigenvalue weighted by molar-refractivity contribution is 0.274. The summed E-state index contributed by atoms with van der Waals surface area (Å²) < 4.78 is 0. The fourth-order valence-corrected chi connectivity index (χ4v) is 1.33. The SMILES string of the molecule is CN1CCN2CNN=C2C1. The zero-order valence-electron chi connectivity index (χ0n) is 6.17. The first-order valence-electron chi connectivity index (χ1n) is 3.59. The predicted molar refractivity (Wildman–Crippen MR) is 39.6 cm³/mol. The van der Waals surface area contributed by atoms with Crippen molar-refractivity contribution < 1.29 is 0 Å². The van der Waals surface area contributed by atoms with Crippen LogP contribution in [0.1, 0.15) is 0 Å². The van der Waals surface area contributed by atoms with Gasteiger partial charge >= 0.3 is 0 Å². The van der Waals surface area contributed by atoms with Crippen molar-refractivity contribution in [3.05, 3.63) is 0 Å². The van der Waals surface area contributed by atoms with Gasteiger partial charge in [0.2, 0.25) is 0 Å². The first-order valence-corrected chi connectivity index (χ1v) is 3.59. The fourth-order valence-electron chi connectivity index (χ4n) is 1.33. The molecule has 0 bridgehead atoms. The summed E-state index contributed by atoms with van der Waals surface area (Å²) in [5.41, 5.74) is 2.97. The summed E-state index contributed by atoms with van der Waals surface area (Å²) in [6.45, 7) is 4.17. The summed E-state index contributed by atoms with van der Waals surface area (Å²) in [6.07, 6.45) is 0. The third kappa shape index (κ3) is 0.844. The Labute approximate surface area is 60.5 Å². The van der Waals surface area contributed by atoms with Crippen LogP contribution in [0.5, 0.6) is 0 Å². The van der Waals surface area contributed by atoms with E-state index in [2.05, 4.69) is 27.4 Å². The van der Waals surface area contributed by atoms with Gasteiger partial charge in [-0.1, -0.05) is 0 Å². The van der Waals surface area contributed by atoms with Crippen LogP contribution in [0.3, 0.4) is 0 Å². The molecule has 0 atom stereocenters. The second-order valence-corrected chi connectivity index (χ2v) is 2.85. The van der Waals surface area contributed by atoms with Crippen LogP contribution in [-0.2, 0) is 0 Å². The number of hydrazone groups is 1. The number of nitrogens with one attached hydrogen (secondary N) is 1. The molecular weight excluding hydrogens is 128 g/mol. The number of likely N-dealkylation sites (N-methyl/N-ethyl adjacent to an activating group) is 1. The predicted octanol–water partition coefficient (Wildman–Crippen LogP) is -0.892. The van der Waals surface area contributed by atoms with E-state index in [-0.39, 0.29) is 0 Å². The highest BCUT2D eigenvalue weighted by Gasteiger charge is 2.22. The van der Waals surface area contributed by atoms with E-state index in [4.69, 9.17) is 0 Å². The lowest BCUT2D eigenvalue weighted by atomic mass is 10.3. The number of amidine groups is 1. The molecule has 4 nitrogen and oxygen atoms in total. The van der Waals surface area contributed by atoms with E-state index in [1.165, 1.54) is 5.84 Å². The number of hydrogen-bond donors (Lipinski definition) is 1. The first-order chi connectivity index (χ1) is 4.86. The van der Waals surface area contributed by atoms with Crippen molar-refractivity contribution in [3.8, 4) is 0 Å². The minimum absolute atomic E-state index is 0.906. The minimum atomic E-state index is 0.906. The fraction of sp³-hybridized carbons (Fsp3) is 0.833. The number of hydrogen-bond acceptors (Lipinski definition) is 4. The van der Waals surface area contributed by atoms with E-state index >= 15 is 0 Å². The molecule has 2 aliphatic heterocycles. The lowest BCUT2D eigenvalue weighted by Crippen LogP contribution is -2.47. The smallest absolute Gasteiger partial charge is 0.140 e. The Morgan fingerprint density at radius 1 is 1.50 bits per heavy atom. The summed E-state index contributed by atoms with van der Waals surface area (Å²) >= 11 is 0. The highest BCUT2D eigenvalue weighted by molar-refractivity contribution is 5.85. The van der Waals surface area contributed by atoms with Gasteiger partial charge in [-0.3, -0.25) is 10.3 Å². The summed E-state index contributed by atoms with van der Waals surface area (Å²) in [6, 6.07) is 0. The van der Waals surface area contributed by atoms with Crippen LogP contribution in [0.4, 0.5) is 0 Å². The number of piperazine rings is 1. The quantitative estimate of drug-likeness (QED) is 0.473. The molecule has 1 N–H and O–H groups in total. The van der Waals surface area contributed by atoms with Gasteiger partial charge in [-0.05, 0) is 7.05 Å². The van der Waals surface area contributed by atoms with Crippen molar-refractivity contribution in [2.75, 3.05) is 33.4 Å². The van der Waals surface area contributed by atoms with Crippen molar-refractivity contribution in [3.63, 3.8) is 0 Å². The largest absolute Gasteiger partial charge is 0.337 e. The highest BCUT2D eigenvalue weighted by Crippen LogP contribution is 2.04. The van der Waals surface area contributed by atoms with Crippen LogP contribution in [0, 0.1) is 0 Å². The summed E-state index contributed by atoms with van der Waals surface area (Å²) in [5, 5.41) is 4.16. The average Bonchev–Trinajstić information content (AvgIpc) is 2.33. The molecule has 0 amide bonds. The Bertz CT molecular complexity index is 165. The van der Waals surface area contributed by atoms with E-state index in [9.17, 15) is 0 Å². The van der Waals surface area contributed by atoms with Gasteiger partial charge in [0.25, 0.3) is 0 Å². The van der Waals surface area contributed by atoms with Crippen LogP contribution in [-0.4, -0.2) is 49.0 Å². The van der Waals surface area contributed by atoms with Crippen molar-refractivity contribution in [1.29, 1.82) is 0 Å². The molecule has 1 fully saturated rings. The molecule has 2 aliphatic rings. The monoisotopic (exact) mass is 140 g/mol. The van der Waals surface area contributed by atoms with E-state index < -0.39 is 0 Å². The van der Waals surface area contributed by atoms with Crippen LogP contribution in [0.15, 0.2) is 5.10 Å². The zero-order chi connectivity index (χ0) is 6.97. The van der Waals surface area contributed by atoms with E-state index in [0.717, 1.165) is 26.3 Å². The van der Waals surface area contributed by atoms with Gasteiger partial charge in [0.15, 0.2) is 0 Å². The lowest BCUT2D eigenvalue weighted by Gasteiger charge is -2.30. The molecule has 2 rings (SSSR count). The Morgan fingerprint density at radius 3 is 3.30 bits per heavy atom. The van der Waals surface area contributed by atoms with Gasteiger partial charge in [-0.25, -0.2) is 0 Å². The molecular formula is C6H12N4. The molecule has 0 saturated carbocycles. The van der Waals surface area contributed by atoms with Crippen molar-refractivity contribution in [2.24, 2.45) is 5.10 Å². The van der Waals surface area contributed by atoms with Gasteiger partial charge in [0.1, 0.15) is 12.5 Å². The standard InChI is InChI=1S/C6H12N4/c1-9-2-3-10-5-7-8-6(10)4-9/h7H,2-5H2,1H3. The van der Waals surface area contributed by atoms with Gasteiger partial charge in [0, 0.05) is 13.1 Å². The minimum Gasteiger partial charge on any atom is -0.337 e. The summed E-state index contributed by atoms with van der Waals surface area (Å²) in [4.78, 5) is 4.56. The van der Waals surface area contributed by atoms with Crippen LogP contribution in [0.25, 0.3) is 0 Å². The van der Waals surface area contributed by atoms with Gasteiger partial charge in [-0.15, -0.1) is 0 Å². The Balaban J connectivity index is 2.07. The average molecular weight is 140 g/mol. The highest BCUT2D eigenvalue weighted by atomic mass is 15.5. The molecule has 0 aromatic heterocycles. The number of fused-ring (bicyclic) bond motifs is 1. The molecule has 0 spiro atoms. The molecule has 0 unspecified atom stereocenters. The van der Waals surface area contributed by atoms with Gasteiger partial charge in [-0.2, -0.15) is 5.10 Å². The second kappa shape index (κ2) is 2.12. The molecule has 1 saturated heterocycles. The van der Waals surface area contributed by atoms with Crippen LogP contribution < -0.4 is 5.43 Å². The summed E-state index contributed by atoms with van der Waals surface area (Å²) in [7, 11) is 2.12. The number of rotatable bonds is 0. The third-order valence-corrected chi connectivity index (χ3v) is 2.00. The normalized spacial score (nSPS) is 25.7. The van der Waals surface area contributed by atoms with Crippen molar-refractivity contribution in [2.45, 2.75) is 0 Å². The first kappa shape index (κ1) is 5.97.